The highest BCUT2D eigenvalue weighted by molar-refractivity contribution is 5.81. The first kappa shape index (κ1) is 19.2. The van der Waals surface area contributed by atoms with Crippen LogP contribution in [0.2, 0.25) is 0 Å². The topological polar surface area (TPSA) is 89.9 Å². The summed E-state index contributed by atoms with van der Waals surface area (Å²) in [6.07, 6.45) is 4.48. The number of ether oxygens (including phenoxy) is 2. The van der Waals surface area contributed by atoms with Crippen molar-refractivity contribution in [3.8, 4) is 0 Å². The van der Waals surface area contributed by atoms with Gasteiger partial charge in [-0.05, 0) is 62.2 Å². The number of fused-ring (bicyclic) bond motifs is 3. The molecule has 0 aromatic carbocycles. The Labute approximate surface area is 154 Å². The molecule has 0 spiro atoms. The van der Waals surface area contributed by atoms with E-state index >= 15 is 0 Å². The molecule has 0 aromatic heterocycles. The Morgan fingerprint density at radius 2 is 1.73 bits per heavy atom. The molecule has 0 heterocycles. The molecule has 3 fully saturated rings. The molecular weight excluding hydrogens is 336 g/mol. The minimum atomic E-state index is -0.789. The van der Waals surface area contributed by atoms with Gasteiger partial charge >= 0.3 is 17.9 Å². The van der Waals surface area contributed by atoms with E-state index in [1.54, 1.807) is 0 Å². The summed E-state index contributed by atoms with van der Waals surface area (Å²) in [5, 5.41) is 9.50. The predicted molar refractivity (Wildman–Crippen MR) is 93.0 cm³/mol. The molecule has 3 aliphatic rings. The molecule has 0 radical (unpaired) electrons. The maximum atomic E-state index is 12.8. The maximum Gasteiger partial charge on any atom is 0.311 e. The Hall–Kier alpha value is -1.59. The molecule has 0 saturated heterocycles. The van der Waals surface area contributed by atoms with Crippen LogP contribution in [-0.2, 0) is 23.9 Å². The van der Waals surface area contributed by atoms with Crippen molar-refractivity contribution in [2.45, 2.75) is 52.4 Å². The third kappa shape index (κ3) is 2.55. The van der Waals surface area contributed by atoms with Crippen molar-refractivity contribution in [2.24, 2.45) is 40.4 Å². The van der Waals surface area contributed by atoms with Crippen LogP contribution in [0.25, 0.3) is 0 Å². The number of methoxy groups -OCH3 is 2. The van der Waals surface area contributed by atoms with Gasteiger partial charge in [-0.1, -0.05) is 13.3 Å². The molecule has 3 saturated carbocycles. The van der Waals surface area contributed by atoms with Crippen molar-refractivity contribution in [3.05, 3.63) is 0 Å². The number of carboxylic acid groups (broad SMARTS) is 1. The molecule has 3 aliphatic carbocycles. The number of hydrogen-bond donors (Lipinski definition) is 1. The molecule has 146 valence electrons. The minimum Gasteiger partial charge on any atom is -0.481 e. The van der Waals surface area contributed by atoms with Crippen LogP contribution in [0.1, 0.15) is 52.4 Å². The first-order chi connectivity index (χ1) is 12.2. The van der Waals surface area contributed by atoms with Gasteiger partial charge in [-0.2, -0.15) is 0 Å². The number of rotatable bonds is 3. The summed E-state index contributed by atoms with van der Waals surface area (Å²) in [6.45, 7) is 4.11. The zero-order valence-electron chi connectivity index (χ0n) is 16.1. The van der Waals surface area contributed by atoms with E-state index in [4.69, 9.17) is 9.47 Å². The predicted octanol–water partition coefficient (Wildman–Crippen LogP) is 2.89. The quantitative estimate of drug-likeness (QED) is 0.773. The highest BCUT2D eigenvalue weighted by atomic mass is 16.5. The lowest BCUT2D eigenvalue weighted by Crippen LogP contribution is -2.51. The van der Waals surface area contributed by atoms with E-state index in [2.05, 4.69) is 6.92 Å². The summed E-state index contributed by atoms with van der Waals surface area (Å²) >= 11 is 0. The summed E-state index contributed by atoms with van der Waals surface area (Å²) in [5.41, 5.74) is -0.912. The highest BCUT2D eigenvalue weighted by Gasteiger charge is 2.68. The van der Waals surface area contributed by atoms with Gasteiger partial charge in [-0.25, -0.2) is 0 Å². The van der Waals surface area contributed by atoms with Crippen molar-refractivity contribution < 1.29 is 29.0 Å². The summed E-state index contributed by atoms with van der Waals surface area (Å²) in [6, 6.07) is 0. The van der Waals surface area contributed by atoms with Gasteiger partial charge in [0.05, 0.1) is 31.5 Å². The number of carboxylic acids is 1. The Morgan fingerprint density at radius 3 is 2.31 bits per heavy atom. The lowest BCUT2D eigenvalue weighted by Gasteiger charge is -2.50. The third-order valence-corrected chi connectivity index (χ3v) is 7.85. The molecule has 3 rings (SSSR count). The monoisotopic (exact) mass is 366 g/mol. The SMILES string of the molecule is COC(=O)C1C2CC(C(=O)O)CCC2C2(C)CCCC(C)(C(=O)OC)C12. The van der Waals surface area contributed by atoms with Crippen molar-refractivity contribution in [2.75, 3.05) is 14.2 Å². The second-order valence-electron chi connectivity index (χ2n) is 8.91. The highest BCUT2D eigenvalue weighted by Crippen LogP contribution is 2.69. The van der Waals surface area contributed by atoms with E-state index in [9.17, 15) is 19.5 Å². The lowest BCUT2D eigenvalue weighted by molar-refractivity contribution is -0.169. The zero-order valence-corrected chi connectivity index (χ0v) is 16.1. The molecule has 7 unspecified atom stereocenters. The fraction of sp³-hybridized carbons (Fsp3) is 0.850. The van der Waals surface area contributed by atoms with Crippen LogP contribution < -0.4 is 0 Å². The molecule has 0 aliphatic heterocycles. The van der Waals surface area contributed by atoms with E-state index in [-0.39, 0.29) is 35.1 Å². The van der Waals surface area contributed by atoms with Gasteiger partial charge < -0.3 is 14.6 Å². The van der Waals surface area contributed by atoms with Gasteiger partial charge in [-0.15, -0.1) is 0 Å². The van der Waals surface area contributed by atoms with Crippen LogP contribution >= 0.6 is 0 Å². The lowest BCUT2D eigenvalue weighted by atomic mass is 9.53. The molecule has 0 bridgehead atoms. The van der Waals surface area contributed by atoms with Crippen molar-refractivity contribution >= 4 is 17.9 Å². The van der Waals surface area contributed by atoms with Crippen LogP contribution in [0.4, 0.5) is 0 Å². The number of carbonyl (C=O) groups excluding carboxylic acids is 2. The Bertz CT molecular complexity index is 615. The van der Waals surface area contributed by atoms with E-state index < -0.39 is 23.2 Å². The van der Waals surface area contributed by atoms with Gasteiger partial charge in [-0.3, -0.25) is 14.4 Å². The molecule has 6 nitrogen and oxygen atoms in total. The second-order valence-corrected chi connectivity index (χ2v) is 8.91. The van der Waals surface area contributed by atoms with Gasteiger partial charge in [0.1, 0.15) is 0 Å². The summed E-state index contributed by atoms with van der Waals surface area (Å²) < 4.78 is 10.3. The van der Waals surface area contributed by atoms with Gasteiger partial charge in [0.25, 0.3) is 0 Å². The third-order valence-electron chi connectivity index (χ3n) is 7.85. The van der Waals surface area contributed by atoms with Crippen molar-refractivity contribution in [1.82, 2.24) is 0 Å². The largest absolute Gasteiger partial charge is 0.481 e. The van der Waals surface area contributed by atoms with Crippen LogP contribution in [0.15, 0.2) is 0 Å². The molecule has 7 atom stereocenters. The first-order valence-corrected chi connectivity index (χ1v) is 9.59. The first-order valence-electron chi connectivity index (χ1n) is 9.59. The van der Waals surface area contributed by atoms with Crippen LogP contribution in [0, 0.1) is 40.4 Å². The fourth-order valence-corrected chi connectivity index (χ4v) is 6.90. The number of aliphatic carboxylic acids is 1. The molecule has 1 N–H and O–H groups in total. The van der Waals surface area contributed by atoms with Gasteiger partial charge in [0, 0.05) is 0 Å². The smallest absolute Gasteiger partial charge is 0.311 e. The average molecular weight is 366 g/mol. The summed E-state index contributed by atoms with van der Waals surface area (Å²) in [4.78, 5) is 37.1. The Balaban J connectivity index is 2.09. The maximum absolute atomic E-state index is 12.8. The minimum absolute atomic E-state index is 0.0469. The standard InChI is InChI=1S/C20H30O6/c1-19-8-5-9-20(2,18(24)26-4)15(19)14(17(23)25-3)12-10-11(16(21)22)6-7-13(12)19/h11-15H,5-10H2,1-4H3,(H,21,22). The van der Waals surface area contributed by atoms with E-state index in [1.807, 2.05) is 6.92 Å². The fourth-order valence-electron chi connectivity index (χ4n) is 6.90. The van der Waals surface area contributed by atoms with Crippen LogP contribution in [0.3, 0.4) is 0 Å². The second kappa shape index (κ2) is 6.54. The summed E-state index contributed by atoms with van der Waals surface area (Å²) in [7, 11) is 2.78. The average Bonchev–Trinajstić information content (AvgIpc) is 2.90. The van der Waals surface area contributed by atoms with Gasteiger partial charge in [0.15, 0.2) is 0 Å². The summed E-state index contributed by atoms with van der Waals surface area (Å²) in [5.74, 6) is -2.20. The Kier molecular flexibility index (Phi) is 4.82. The van der Waals surface area contributed by atoms with Crippen LogP contribution in [-0.4, -0.2) is 37.2 Å². The molecular formula is C20H30O6. The van der Waals surface area contributed by atoms with Crippen molar-refractivity contribution in [3.63, 3.8) is 0 Å². The Morgan fingerprint density at radius 1 is 1.04 bits per heavy atom. The molecule has 0 aromatic rings. The number of carbonyl (C=O) groups is 3. The zero-order chi connectivity index (χ0) is 19.3. The molecule has 0 amide bonds. The normalized spacial score (nSPS) is 44.5. The van der Waals surface area contributed by atoms with E-state index in [1.165, 1.54) is 14.2 Å². The van der Waals surface area contributed by atoms with E-state index in [0.29, 0.717) is 19.3 Å². The van der Waals surface area contributed by atoms with Crippen LogP contribution in [0.5, 0.6) is 0 Å². The van der Waals surface area contributed by atoms with Crippen molar-refractivity contribution in [1.29, 1.82) is 0 Å². The van der Waals surface area contributed by atoms with E-state index in [0.717, 1.165) is 19.3 Å². The molecule has 26 heavy (non-hydrogen) atoms. The van der Waals surface area contributed by atoms with Gasteiger partial charge in [0.2, 0.25) is 0 Å². The number of hydrogen-bond acceptors (Lipinski definition) is 5. The number of esters is 2. The molecule has 6 heteroatoms.